The maximum Gasteiger partial charge on any atom is 0.222 e. The van der Waals surface area contributed by atoms with Gasteiger partial charge in [-0.15, -0.1) is 11.3 Å². The molecule has 1 atom stereocenters. The minimum atomic E-state index is 0.348. The van der Waals surface area contributed by atoms with Crippen molar-refractivity contribution in [2.24, 2.45) is 5.92 Å². The van der Waals surface area contributed by atoms with Gasteiger partial charge in [0, 0.05) is 29.3 Å². The summed E-state index contributed by atoms with van der Waals surface area (Å²) in [6.45, 7) is 7.26. The van der Waals surface area contributed by atoms with Gasteiger partial charge >= 0.3 is 0 Å². The van der Waals surface area contributed by atoms with E-state index < -0.39 is 0 Å². The number of nitrogens with zero attached hydrogens (tertiary/aromatic N) is 1. The third-order valence-electron chi connectivity index (χ3n) is 4.35. The summed E-state index contributed by atoms with van der Waals surface area (Å²) in [5, 5.41) is 3.23. The molecule has 1 amide bonds. The standard InChI is InChI=1S/C17H28N2OS/c1-13-10-16(14(2)21-13)7-4-8-17(20)19-9-5-6-15(12-19)11-18-3/h10,15,18H,4-9,11-12H2,1-3H3/t15-/m1/s1. The molecule has 1 N–H and O–H groups in total. The lowest BCUT2D eigenvalue weighted by molar-refractivity contribution is -0.133. The molecule has 0 radical (unpaired) electrons. The highest BCUT2D eigenvalue weighted by Gasteiger charge is 2.22. The zero-order valence-corrected chi connectivity index (χ0v) is 14.4. The Labute approximate surface area is 132 Å². The average molecular weight is 308 g/mol. The molecule has 2 heterocycles. The molecular weight excluding hydrogens is 280 g/mol. The van der Waals surface area contributed by atoms with Gasteiger partial charge < -0.3 is 10.2 Å². The molecule has 0 aliphatic carbocycles. The van der Waals surface area contributed by atoms with E-state index in [1.54, 1.807) is 0 Å². The first-order valence-corrected chi connectivity index (χ1v) is 8.90. The van der Waals surface area contributed by atoms with Crippen molar-refractivity contribution < 1.29 is 4.79 Å². The van der Waals surface area contributed by atoms with Crippen LogP contribution in [0.1, 0.15) is 41.0 Å². The second-order valence-electron chi connectivity index (χ2n) is 6.20. The lowest BCUT2D eigenvalue weighted by Gasteiger charge is -2.32. The molecule has 1 fully saturated rings. The molecule has 21 heavy (non-hydrogen) atoms. The highest BCUT2D eigenvalue weighted by atomic mass is 32.1. The van der Waals surface area contributed by atoms with Gasteiger partial charge in [-0.2, -0.15) is 0 Å². The van der Waals surface area contributed by atoms with Gasteiger partial charge in [-0.1, -0.05) is 0 Å². The smallest absolute Gasteiger partial charge is 0.222 e. The number of carbonyl (C=O) groups excluding carboxylic acids is 1. The molecule has 1 aliphatic rings. The van der Waals surface area contributed by atoms with Gasteiger partial charge in [-0.3, -0.25) is 4.79 Å². The Bertz CT molecular complexity index is 467. The number of likely N-dealkylation sites (tertiary alicyclic amines) is 1. The van der Waals surface area contributed by atoms with Crippen molar-refractivity contribution in [3.8, 4) is 0 Å². The van der Waals surface area contributed by atoms with Gasteiger partial charge in [0.2, 0.25) is 5.91 Å². The van der Waals surface area contributed by atoms with Crippen molar-refractivity contribution in [1.29, 1.82) is 0 Å². The van der Waals surface area contributed by atoms with E-state index in [0.717, 1.165) is 38.9 Å². The van der Waals surface area contributed by atoms with E-state index in [4.69, 9.17) is 0 Å². The van der Waals surface area contributed by atoms with Crippen LogP contribution in [0.4, 0.5) is 0 Å². The summed E-state index contributed by atoms with van der Waals surface area (Å²) in [6, 6.07) is 2.27. The van der Waals surface area contributed by atoms with E-state index >= 15 is 0 Å². The fraction of sp³-hybridized carbons (Fsp3) is 0.706. The summed E-state index contributed by atoms with van der Waals surface area (Å²) in [5.41, 5.74) is 1.43. The van der Waals surface area contributed by atoms with Crippen LogP contribution in [0, 0.1) is 19.8 Å². The topological polar surface area (TPSA) is 32.3 Å². The van der Waals surface area contributed by atoms with Crippen molar-refractivity contribution in [2.75, 3.05) is 26.7 Å². The fourth-order valence-corrected chi connectivity index (χ4v) is 4.24. The van der Waals surface area contributed by atoms with Gasteiger partial charge in [0.1, 0.15) is 0 Å². The first-order chi connectivity index (χ1) is 10.1. The van der Waals surface area contributed by atoms with Gasteiger partial charge in [0.15, 0.2) is 0 Å². The monoisotopic (exact) mass is 308 g/mol. The molecule has 1 aromatic heterocycles. The maximum absolute atomic E-state index is 12.3. The number of amides is 1. The predicted molar refractivity (Wildman–Crippen MR) is 90.0 cm³/mol. The second-order valence-corrected chi connectivity index (χ2v) is 7.66. The molecule has 0 saturated carbocycles. The first-order valence-electron chi connectivity index (χ1n) is 8.08. The van der Waals surface area contributed by atoms with Crippen LogP contribution in [-0.4, -0.2) is 37.5 Å². The summed E-state index contributed by atoms with van der Waals surface area (Å²) in [7, 11) is 1.99. The van der Waals surface area contributed by atoms with Crippen LogP contribution in [0.3, 0.4) is 0 Å². The van der Waals surface area contributed by atoms with Crippen molar-refractivity contribution in [1.82, 2.24) is 10.2 Å². The second kappa shape index (κ2) is 7.95. The number of carbonyl (C=O) groups is 1. The third-order valence-corrected chi connectivity index (χ3v) is 5.35. The van der Waals surface area contributed by atoms with Crippen LogP contribution in [0.25, 0.3) is 0 Å². The van der Waals surface area contributed by atoms with Crippen LogP contribution in [0.15, 0.2) is 6.07 Å². The van der Waals surface area contributed by atoms with Crippen LogP contribution in [0.5, 0.6) is 0 Å². The molecule has 0 unspecified atom stereocenters. The van der Waals surface area contributed by atoms with E-state index in [9.17, 15) is 4.79 Å². The molecule has 1 aliphatic heterocycles. The maximum atomic E-state index is 12.3. The van der Waals surface area contributed by atoms with E-state index in [1.807, 2.05) is 18.4 Å². The molecule has 4 heteroatoms. The lowest BCUT2D eigenvalue weighted by Crippen LogP contribution is -2.42. The lowest BCUT2D eigenvalue weighted by atomic mass is 9.97. The van der Waals surface area contributed by atoms with E-state index in [-0.39, 0.29) is 0 Å². The summed E-state index contributed by atoms with van der Waals surface area (Å²) < 4.78 is 0. The molecule has 1 aromatic rings. The predicted octanol–water partition coefficient (Wildman–Crippen LogP) is 3.15. The molecule has 1 saturated heterocycles. The number of thiophene rings is 1. The minimum absolute atomic E-state index is 0.348. The van der Waals surface area contributed by atoms with Crippen molar-refractivity contribution in [3.63, 3.8) is 0 Å². The van der Waals surface area contributed by atoms with Crippen LogP contribution < -0.4 is 5.32 Å². The highest BCUT2D eigenvalue weighted by Crippen LogP contribution is 2.23. The highest BCUT2D eigenvalue weighted by molar-refractivity contribution is 7.12. The molecule has 2 rings (SSSR count). The number of hydrogen-bond donors (Lipinski definition) is 1. The van der Waals surface area contributed by atoms with Gasteiger partial charge in [-0.25, -0.2) is 0 Å². The van der Waals surface area contributed by atoms with E-state index in [0.29, 0.717) is 18.2 Å². The summed E-state index contributed by atoms with van der Waals surface area (Å²) in [5.74, 6) is 0.981. The number of nitrogens with one attached hydrogen (secondary N) is 1. The molecule has 0 spiro atoms. The van der Waals surface area contributed by atoms with Crippen molar-refractivity contribution in [3.05, 3.63) is 21.4 Å². The quantitative estimate of drug-likeness (QED) is 0.875. The average Bonchev–Trinajstić information content (AvgIpc) is 2.77. The van der Waals surface area contributed by atoms with Crippen LogP contribution in [-0.2, 0) is 11.2 Å². The summed E-state index contributed by atoms with van der Waals surface area (Å²) in [4.78, 5) is 17.2. The summed E-state index contributed by atoms with van der Waals surface area (Å²) >= 11 is 1.86. The van der Waals surface area contributed by atoms with Gasteiger partial charge in [0.25, 0.3) is 0 Å². The zero-order chi connectivity index (χ0) is 15.2. The normalized spacial score (nSPS) is 19.0. The Morgan fingerprint density at radius 3 is 2.95 bits per heavy atom. The Morgan fingerprint density at radius 2 is 2.29 bits per heavy atom. The van der Waals surface area contributed by atoms with E-state index in [2.05, 4.69) is 30.1 Å². The minimum Gasteiger partial charge on any atom is -0.342 e. The molecule has 118 valence electrons. The van der Waals surface area contributed by atoms with Crippen LogP contribution in [0.2, 0.25) is 0 Å². The molecular formula is C17H28N2OS. The Hall–Kier alpha value is -0.870. The zero-order valence-electron chi connectivity index (χ0n) is 13.6. The summed E-state index contributed by atoms with van der Waals surface area (Å²) in [6.07, 6.45) is 5.11. The van der Waals surface area contributed by atoms with Crippen molar-refractivity contribution >= 4 is 17.2 Å². The SMILES string of the molecule is CNC[C@H]1CCCN(C(=O)CCCc2cc(C)sc2C)C1. The molecule has 3 nitrogen and oxygen atoms in total. The van der Waals surface area contributed by atoms with E-state index in [1.165, 1.54) is 21.7 Å². The molecule has 0 aromatic carbocycles. The molecule has 0 bridgehead atoms. The fourth-order valence-electron chi connectivity index (χ4n) is 3.27. The van der Waals surface area contributed by atoms with Crippen LogP contribution >= 0.6 is 11.3 Å². The Morgan fingerprint density at radius 1 is 1.48 bits per heavy atom. The largest absolute Gasteiger partial charge is 0.342 e. The number of hydrogen-bond acceptors (Lipinski definition) is 3. The third kappa shape index (κ3) is 4.82. The van der Waals surface area contributed by atoms with Crippen molar-refractivity contribution in [2.45, 2.75) is 46.0 Å². The number of rotatable bonds is 6. The Balaban J connectivity index is 1.75. The Kier molecular flexibility index (Phi) is 6.24. The number of aryl methyl sites for hydroxylation is 3. The first kappa shape index (κ1) is 16.5. The number of piperidine rings is 1. The van der Waals surface area contributed by atoms with Gasteiger partial charge in [-0.05, 0) is 70.7 Å². The van der Waals surface area contributed by atoms with Gasteiger partial charge in [0.05, 0.1) is 0 Å².